The number of ether oxygens (including phenoxy) is 2. The van der Waals surface area contributed by atoms with Crippen LogP contribution in [0.5, 0.6) is 5.75 Å². The second-order valence-corrected chi connectivity index (χ2v) is 7.31. The largest absolute Gasteiger partial charge is 0.497 e. The van der Waals surface area contributed by atoms with Crippen molar-refractivity contribution in [3.8, 4) is 11.4 Å². The first-order valence-corrected chi connectivity index (χ1v) is 10.3. The van der Waals surface area contributed by atoms with Gasteiger partial charge in [0.05, 0.1) is 31.6 Å². The van der Waals surface area contributed by atoms with Gasteiger partial charge in [-0.15, -0.1) is 24.0 Å². The SMILES string of the molecule is CN=C(NCc1ccn(-c2ccc(OC)cc2)n1)NC1CCc2nc(COC)nn2C1.I. The summed E-state index contributed by atoms with van der Waals surface area (Å²) in [6.45, 7) is 1.76. The molecule has 11 heteroatoms. The number of aliphatic imine (C=N–C) groups is 1. The average molecular weight is 552 g/mol. The van der Waals surface area contributed by atoms with E-state index in [2.05, 4.69) is 30.8 Å². The number of aromatic nitrogens is 5. The predicted molar refractivity (Wildman–Crippen MR) is 132 cm³/mol. The van der Waals surface area contributed by atoms with E-state index < -0.39 is 0 Å². The van der Waals surface area contributed by atoms with Crippen molar-refractivity contribution in [3.63, 3.8) is 0 Å². The van der Waals surface area contributed by atoms with E-state index in [1.807, 2.05) is 45.9 Å². The monoisotopic (exact) mass is 552 g/mol. The van der Waals surface area contributed by atoms with Crippen molar-refractivity contribution in [1.29, 1.82) is 0 Å². The maximum Gasteiger partial charge on any atom is 0.191 e. The smallest absolute Gasteiger partial charge is 0.191 e. The summed E-state index contributed by atoms with van der Waals surface area (Å²) >= 11 is 0. The number of nitrogens with zero attached hydrogens (tertiary/aromatic N) is 6. The molecule has 1 atom stereocenters. The van der Waals surface area contributed by atoms with Crippen LogP contribution in [0.4, 0.5) is 0 Å². The van der Waals surface area contributed by atoms with Gasteiger partial charge < -0.3 is 20.1 Å². The Balaban J connectivity index is 0.00000289. The lowest BCUT2D eigenvalue weighted by Gasteiger charge is -2.25. The Kier molecular flexibility index (Phi) is 8.45. The molecule has 0 spiro atoms. The van der Waals surface area contributed by atoms with Crippen molar-refractivity contribution in [2.75, 3.05) is 21.3 Å². The summed E-state index contributed by atoms with van der Waals surface area (Å²) in [6, 6.07) is 10.0. The summed E-state index contributed by atoms with van der Waals surface area (Å²) in [5, 5.41) is 16.0. The van der Waals surface area contributed by atoms with Crippen LogP contribution in [0.3, 0.4) is 0 Å². The number of fused-ring (bicyclic) bond motifs is 1. The summed E-state index contributed by atoms with van der Waals surface area (Å²) in [4.78, 5) is 8.88. The molecule has 2 N–H and O–H groups in total. The number of aryl methyl sites for hydroxylation is 1. The van der Waals surface area contributed by atoms with E-state index in [4.69, 9.17) is 9.47 Å². The van der Waals surface area contributed by atoms with Crippen molar-refractivity contribution >= 4 is 29.9 Å². The van der Waals surface area contributed by atoms with Crippen molar-refractivity contribution in [1.82, 2.24) is 35.2 Å². The Morgan fingerprint density at radius 1 is 1.19 bits per heavy atom. The molecule has 1 aromatic carbocycles. The van der Waals surface area contributed by atoms with Crippen LogP contribution >= 0.6 is 24.0 Å². The van der Waals surface area contributed by atoms with Gasteiger partial charge in [-0.25, -0.2) is 14.3 Å². The highest BCUT2D eigenvalue weighted by atomic mass is 127. The molecule has 0 saturated carbocycles. The number of rotatable bonds is 7. The number of methoxy groups -OCH3 is 2. The molecular weight excluding hydrogens is 523 g/mol. The highest BCUT2D eigenvalue weighted by Gasteiger charge is 2.22. The summed E-state index contributed by atoms with van der Waals surface area (Å²) in [6.07, 6.45) is 3.79. The topological polar surface area (TPSA) is 103 Å². The van der Waals surface area contributed by atoms with Crippen LogP contribution < -0.4 is 15.4 Å². The van der Waals surface area contributed by atoms with Gasteiger partial charge in [0.15, 0.2) is 11.8 Å². The van der Waals surface area contributed by atoms with Gasteiger partial charge in [0, 0.05) is 32.8 Å². The average Bonchev–Trinajstić information content (AvgIpc) is 3.43. The Bertz CT molecular complexity index is 1030. The second-order valence-electron chi connectivity index (χ2n) is 7.31. The maximum atomic E-state index is 5.21. The number of halogens is 1. The highest BCUT2D eigenvalue weighted by Crippen LogP contribution is 2.15. The molecule has 0 radical (unpaired) electrons. The molecule has 3 aromatic rings. The van der Waals surface area contributed by atoms with E-state index in [1.54, 1.807) is 21.3 Å². The second kappa shape index (κ2) is 11.3. The first kappa shape index (κ1) is 24.0. The molecule has 0 aliphatic carbocycles. The van der Waals surface area contributed by atoms with E-state index in [0.29, 0.717) is 13.2 Å². The van der Waals surface area contributed by atoms with E-state index in [0.717, 1.165) is 54.1 Å². The molecule has 0 saturated heterocycles. The quantitative estimate of drug-likeness (QED) is 0.262. The first-order chi connectivity index (χ1) is 15.2. The third-order valence-corrected chi connectivity index (χ3v) is 5.16. The molecule has 172 valence electrons. The van der Waals surface area contributed by atoms with Gasteiger partial charge in [0.1, 0.15) is 18.2 Å². The van der Waals surface area contributed by atoms with Gasteiger partial charge in [-0.05, 0) is 36.8 Å². The zero-order chi connectivity index (χ0) is 21.6. The van der Waals surface area contributed by atoms with Crippen LogP contribution in [-0.4, -0.2) is 57.8 Å². The van der Waals surface area contributed by atoms with Crippen molar-refractivity contribution in [2.24, 2.45) is 4.99 Å². The molecular formula is C21H29IN8O2. The summed E-state index contributed by atoms with van der Waals surface area (Å²) in [7, 11) is 5.08. The van der Waals surface area contributed by atoms with Crippen molar-refractivity contribution in [3.05, 3.63) is 53.9 Å². The number of guanidine groups is 1. The van der Waals surface area contributed by atoms with Gasteiger partial charge >= 0.3 is 0 Å². The fraction of sp³-hybridized carbons (Fsp3) is 0.429. The first-order valence-electron chi connectivity index (χ1n) is 10.3. The maximum absolute atomic E-state index is 5.21. The van der Waals surface area contributed by atoms with Crippen molar-refractivity contribution in [2.45, 2.75) is 38.6 Å². The molecule has 0 bridgehead atoms. The standard InChI is InChI=1S/C21H28N8O2.HI/c1-22-21(24-16-4-9-20-25-19(14-30-2)27-29(20)13-16)23-12-15-10-11-28(26-15)17-5-7-18(31-3)8-6-17;/h5-8,10-11,16H,4,9,12-14H2,1-3H3,(H2,22,23,24);1H. The summed E-state index contributed by atoms with van der Waals surface area (Å²) in [5.74, 6) is 3.30. The normalized spacial score (nSPS) is 15.6. The number of hydrogen-bond acceptors (Lipinski definition) is 6. The molecule has 2 aromatic heterocycles. The molecule has 3 heterocycles. The van der Waals surface area contributed by atoms with Gasteiger partial charge in [-0.3, -0.25) is 4.99 Å². The lowest BCUT2D eigenvalue weighted by Crippen LogP contribution is -2.46. The Labute approximate surface area is 204 Å². The van der Waals surface area contributed by atoms with Gasteiger partial charge in [-0.1, -0.05) is 0 Å². The molecule has 4 rings (SSSR count). The van der Waals surface area contributed by atoms with E-state index in [-0.39, 0.29) is 30.0 Å². The van der Waals surface area contributed by atoms with Crippen LogP contribution in [0.25, 0.3) is 5.69 Å². The van der Waals surface area contributed by atoms with Crippen LogP contribution in [0.1, 0.15) is 23.8 Å². The molecule has 0 amide bonds. The fourth-order valence-electron chi connectivity index (χ4n) is 3.57. The minimum absolute atomic E-state index is 0. The van der Waals surface area contributed by atoms with E-state index in [1.165, 1.54) is 0 Å². The number of nitrogens with one attached hydrogen (secondary N) is 2. The molecule has 1 aliphatic heterocycles. The van der Waals surface area contributed by atoms with Crippen LogP contribution in [-0.2, 0) is 30.9 Å². The summed E-state index contributed by atoms with van der Waals surface area (Å²) in [5.41, 5.74) is 1.90. The minimum atomic E-state index is 0. The number of hydrogen-bond donors (Lipinski definition) is 2. The Morgan fingerprint density at radius 3 is 2.72 bits per heavy atom. The lowest BCUT2D eigenvalue weighted by molar-refractivity contribution is 0.177. The van der Waals surface area contributed by atoms with E-state index >= 15 is 0 Å². The number of benzene rings is 1. The Morgan fingerprint density at radius 2 is 2.00 bits per heavy atom. The highest BCUT2D eigenvalue weighted by molar-refractivity contribution is 14.0. The molecule has 32 heavy (non-hydrogen) atoms. The van der Waals surface area contributed by atoms with E-state index in [9.17, 15) is 0 Å². The molecule has 10 nitrogen and oxygen atoms in total. The zero-order valence-corrected chi connectivity index (χ0v) is 20.8. The van der Waals surface area contributed by atoms with Crippen LogP contribution in [0, 0.1) is 0 Å². The third kappa shape index (κ3) is 5.76. The fourth-order valence-corrected chi connectivity index (χ4v) is 3.57. The van der Waals surface area contributed by atoms with Crippen LogP contribution in [0.2, 0.25) is 0 Å². The lowest BCUT2D eigenvalue weighted by atomic mass is 10.1. The third-order valence-electron chi connectivity index (χ3n) is 5.16. The van der Waals surface area contributed by atoms with Gasteiger partial charge in [0.2, 0.25) is 0 Å². The Hall–Kier alpha value is -2.67. The van der Waals surface area contributed by atoms with Gasteiger partial charge in [-0.2, -0.15) is 10.2 Å². The minimum Gasteiger partial charge on any atom is -0.497 e. The molecule has 0 fully saturated rings. The molecule has 1 aliphatic rings. The predicted octanol–water partition coefficient (Wildman–Crippen LogP) is 1.92. The summed E-state index contributed by atoms with van der Waals surface area (Å²) < 4.78 is 14.1. The van der Waals surface area contributed by atoms with Crippen molar-refractivity contribution < 1.29 is 9.47 Å². The zero-order valence-electron chi connectivity index (χ0n) is 18.5. The molecule has 1 unspecified atom stereocenters. The van der Waals surface area contributed by atoms with Gasteiger partial charge in [0.25, 0.3) is 0 Å². The van der Waals surface area contributed by atoms with Crippen LogP contribution in [0.15, 0.2) is 41.5 Å².